The standard InChI is InChI=1S/C23H34ClN5OS/c1-3-5-6-19(4-2)22(30)25-11-12-28-13-15-29(16-14-28)23-26-21(27-31-23)17-18-7-9-20(24)10-8-18/h7-10,19H,3-6,11-17H2,1-2H3,(H,25,30). The summed E-state index contributed by atoms with van der Waals surface area (Å²) in [5, 5.41) is 4.88. The number of rotatable bonds is 11. The maximum Gasteiger partial charge on any atom is 0.223 e. The number of anilines is 1. The van der Waals surface area contributed by atoms with Gasteiger partial charge in [-0.3, -0.25) is 9.69 Å². The molecule has 1 aromatic heterocycles. The molecule has 2 heterocycles. The first-order valence-electron chi connectivity index (χ1n) is 11.4. The van der Waals surface area contributed by atoms with Crippen LogP contribution in [0.1, 0.15) is 50.9 Å². The average molecular weight is 464 g/mol. The van der Waals surface area contributed by atoms with Crippen LogP contribution < -0.4 is 10.2 Å². The van der Waals surface area contributed by atoms with E-state index in [1.165, 1.54) is 17.1 Å². The van der Waals surface area contributed by atoms with Crippen molar-refractivity contribution in [3.05, 3.63) is 40.7 Å². The molecule has 1 fully saturated rings. The minimum absolute atomic E-state index is 0.163. The fourth-order valence-corrected chi connectivity index (χ4v) is 4.71. The zero-order chi connectivity index (χ0) is 22.1. The Hall–Kier alpha value is -1.70. The molecule has 6 nitrogen and oxygen atoms in total. The molecular weight excluding hydrogens is 430 g/mol. The highest BCUT2D eigenvalue weighted by atomic mass is 35.5. The number of halogens is 1. The summed E-state index contributed by atoms with van der Waals surface area (Å²) in [7, 11) is 0. The SMILES string of the molecule is CCCCC(CC)C(=O)NCCN1CCN(c2nc(Cc3ccc(Cl)cc3)ns2)CC1. The summed E-state index contributed by atoms with van der Waals surface area (Å²) in [6, 6.07) is 7.85. The van der Waals surface area contributed by atoms with Crippen molar-refractivity contribution >= 4 is 34.2 Å². The van der Waals surface area contributed by atoms with Crippen molar-refractivity contribution in [1.82, 2.24) is 19.6 Å². The molecule has 170 valence electrons. The smallest absolute Gasteiger partial charge is 0.223 e. The Kier molecular flexibility index (Phi) is 9.55. The second-order valence-electron chi connectivity index (χ2n) is 8.16. The van der Waals surface area contributed by atoms with E-state index in [0.717, 1.165) is 87.4 Å². The molecule has 31 heavy (non-hydrogen) atoms. The van der Waals surface area contributed by atoms with Crippen LogP contribution in [0.25, 0.3) is 0 Å². The lowest BCUT2D eigenvalue weighted by Crippen LogP contribution is -2.48. The lowest BCUT2D eigenvalue weighted by atomic mass is 9.98. The molecule has 1 aliphatic rings. The molecule has 1 amide bonds. The number of hydrogen-bond donors (Lipinski definition) is 1. The molecule has 8 heteroatoms. The van der Waals surface area contributed by atoms with Crippen LogP contribution >= 0.6 is 23.1 Å². The van der Waals surface area contributed by atoms with Gasteiger partial charge in [0, 0.05) is 68.2 Å². The lowest BCUT2D eigenvalue weighted by Gasteiger charge is -2.34. The number of carbonyl (C=O) groups is 1. The number of unbranched alkanes of at least 4 members (excludes halogenated alkanes) is 1. The van der Waals surface area contributed by atoms with Crippen molar-refractivity contribution in [3.8, 4) is 0 Å². The van der Waals surface area contributed by atoms with Crippen LogP contribution in [0.4, 0.5) is 5.13 Å². The molecule has 1 unspecified atom stereocenters. The molecule has 0 bridgehead atoms. The molecule has 0 aliphatic carbocycles. The van der Waals surface area contributed by atoms with E-state index < -0.39 is 0 Å². The van der Waals surface area contributed by atoms with E-state index in [-0.39, 0.29) is 11.8 Å². The Bertz CT molecular complexity index is 805. The summed E-state index contributed by atoms with van der Waals surface area (Å²) in [5.41, 5.74) is 1.17. The predicted molar refractivity (Wildman–Crippen MR) is 129 cm³/mol. The number of amides is 1. The van der Waals surface area contributed by atoms with Gasteiger partial charge in [-0.25, -0.2) is 4.98 Å². The summed E-state index contributed by atoms with van der Waals surface area (Å²) in [4.78, 5) is 21.8. The summed E-state index contributed by atoms with van der Waals surface area (Å²) in [5.74, 6) is 1.24. The summed E-state index contributed by atoms with van der Waals surface area (Å²) in [6.07, 6.45) is 4.92. The number of piperazine rings is 1. The van der Waals surface area contributed by atoms with Crippen LogP contribution in [0.15, 0.2) is 24.3 Å². The van der Waals surface area contributed by atoms with Crippen LogP contribution in [0.3, 0.4) is 0 Å². The quantitative estimate of drug-likeness (QED) is 0.540. The minimum Gasteiger partial charge on any atom is -0.355 e. The largest absolute Gasteiger partial charge is 0.355 e. The Morgan fingerprint density at radius 1 is 1.19 bits per heavy atom. The number of aromatic nitrogens is 2. The molecule has 1 atom stereocenters. The van der Waals surface area contributed by atoms with Gasteiger partial charge in [-0.05, 0) is 30.5 Å². The summed E-state index contributed by atoms with van der Waals surface area (Å²) >= 11 is 7.43. The van der Waals surface area contributed by atoms with Gasteiger partial charge in [0.1, 0.15) is 5.82 Å². The Labute approximate surface area is 195 Å². The molecule has 3 rings (SSSR count). The van der Waals surface area contributed by atoms with Gasteiger partial charge in [-0.15, -0.1) is 0 Å². The van der Waals surface area contributed by atoms with E-state index in [1.54, 1.807) is 0 Å². The third-order valence-corrected chi connectivity index (χ3v) is 6.94. The first kappa shape index (κ1) is 24.0. The van der Waals surface area contributed by atoms with Crippen molar-refractivity contribution in [2.24, 2.45) is 5.92 Å². The first-order valence-corrected chi connectivity index (χ1v) is 12.6. The fourth-order valence-electron chi connectivity index (χ4n) is 3.85. The maximum atomic E-state index is 12.4. The molecular formula is C23H34ClN5OS. The Morgan fingerprint density at radius 3 is 2.61 bits per heavy atom. The van der Waals surface area contributed by atoms with E-state index in [0.29, 0.717) is 0 Å². The van der Waals surface area contributed by atoms with Gasteiger partial charge >= 0.3 is 0 Å². The van der Waals surface area contributed by atoms with E-state index in [2.05, 4.69) is 33.3 Å². The second-order valence-corrected chi connectivity index (χ2v) is 9.33. The van der Waals surface area contributed by atoms with Gasteiger partial charge in [0.2, 0.25) is 11.0 Å². The average Bonchev–Trinajstić information content (AvgIpc) is 3.25. The zero-order valence-electron chi connectivity index (χ0n) is 18.6. The van der Waals surface area contributed by atoms with Gasteiger partial charge in [0.05, 0.1) is 0 Å². The van der Waals surface area contributed by atoms with Gasteiger partial charge in [0.25, 0.3) is 0 Å². The van der Waals surface area contributed by atoms with Crippen molar-refractivity contribution in [1.29, 1.82) is 0 Å². The Morgan fingerprint density at radius 2 is 1.94 bits per heavy atom. The third kappa shape index (κ3) is 7.44. The van der Waals surface area contributed by atoms with Crippen molar-refractivity contribution in [3.63, 3.8) is 0 Å². The number of benzene rings is 1. The third-order valence-electron chi connectivity index (χ3n) is 5.87. The molecule has 0 radical (unpaired) electrons. The molecule has 1 aromatic carbocycles. The van der Waals surface area contributed by atoms with Crippen LogP contribution in [0.5, 0.6) is 0 Å². The second kappa shape index (κ2) is 12.4. The van der Waals surface area contributed by atoms with Gasteiger partial charge < -0.3 is 10.2 Å². The number of carbonyl (C=O) groups excluding carboxylic acids is 1. The van der Waals surface area contributed by atoms with Crippen molar-refractivity contribution in [2.75, 3.05) is 44.2 Å². The number of nitrogens with zero attached hydrogens (tertiary/aromatic N) is 4. The number of hydrogen-bond acceptors (Lipinski definition) is 6. The molecule has 1 N–H and O–H groups in total. The van der Waals surface area contributed by atoms with Crippen LogP contribution in [-0.2, 0) is 11.2 Å². The van der Waals surface area contributed by atoms with E-state index in [4.69, 9.17) is 16.6 Å². The topological polar surface area (TPSA) is 61.4 Å². The molecule has 2 aromatic rings. The van der Waals surface area contributed by atoms with Gasteiger partial charge in [-0.2, -0.15) is 4.37 Å². The predicted octanol–water partition coefficient (Wildman–Crippen LogP) is 4.24. The molecule has 0 spiro atoms. The summed E-state index contributed by atoms with van der Waals surface area (Å²) in [6.45, 7) is 9.76. The Balaban J connectivity index is 1.38. The van der Waals surface area contributed by atoms with Gasteiger partial charge in [-0.1, -0.05) is 50.4 Å². The first-order chi connectivity index (χ1) is 15.1. The normalized spacial score (nSPS) is 15.8. The fraction of sp³-hybridized carbons (Fsp3) is 0.609. The zero-order valence-corrected chi connectivity index (χ0v) is 20.2. The van der Waals surface area contributed by atoms with Crippen molar-refractivity contribution < 1.29 is 4.79 Å². The molecule has 1 aliphatic heterocycles. The maximum absolute atomic E-state index is 12.4. The van der Waals surface area contributed by atoms with Crippen molar-refractivity contribution in [2.45, 2.75) is 46.0 Å². The highest BCUT2D eigenvalue weighted by Gasteiger charge is 2.21. The highest BCUT2D eigenvalue weighted by molar-refractivity contribution is 7.09. The van der Waals surface area contributed by atoms with Crippen LogP contribution in [0, 0.1) is 5.92 Å². The minimum atomic E-state index is 0.163. The van der Waals surface area contributed by atoms with Gasteiger partial charge in [0.15, 0.2) is 0 Å². The van der Waals surface area contributed by atoms with Crippen LogP contribution in [0.2, 0.25) is 5.02 Å². The molecule has 1 saturated heterocycles. The lowest BCUT2D eigenvalue weighted by molar-refractivity contribution is -0.125. The van der Waals surface area contributed by atoms with Crippen LogP contribution in [-0.4, -0.2) is 59.4 Å². The monoisotopic (exact) mass is 463 g/mol. The molecule has 0 saturated carbocycles. The van der Waals surface area contributed by atoms with E-state index in [9.17, 15) is 4.79 Å². The summed E-state index contributed by atoms with van der Waals surface area (Å²) < 4.78 is 4.54. The van der Waals surface area contributed by atoms with E-state index >= 15 is 0 Å². The number of nitrogens with one attached hydrogen (secondary N) is 1. The van der Waals surface area contributed by atoms with E-state index in [1.807, 2.05) is 24.3 Å². The highest BCUT2D eigenvalue weighted by Crippen LogP contribution is 2.21.